The average molecular weight is 277 g/mol. The lowest BCUT2D eigenvalue weighted by molar-refractivity contribution is -0.141. The first-order valence-corrected chi connectivity index (χ1v) is 7.16. The van der Waals surface area contributed by atoms with E-state index in [9.17, 15) is 9.90 Å². The van der Waals surface area contributed by atoms with Crippen LogP contribution in [0.5, 0.6) is 0 Å². The largest absolute Gasteiger partial charge is 0.469 e. The van der Waals surface area contributed by atoms with Crippen molar-refractivity contribution in [1.82, 2.24) is 5.32 Å². The van der Waals surface area contributed by atoms with E-state index in [4.69, 9.17) is 4.74 Å². The van der Waals surface area contributed by atoms with Crippen LogP contribution >= 0.6 is 0 Å². The predicted octanol–water partition coefficient (Wildman–Crippen LogP) is 2.04. The van der Waals surface area contributed by atoms with Crippen LogP contribution in [0.4, 0.5) is 0 Å². The second kappa shape index (κ2) is 6.86. The number of rotatable bonds is 5. The van der Waals surface area contributed by atoms with Crippen LogP contribution in [0.3, 0.4) is 0 Å². The predicted molar refractivity (Wildman–Crippen MR) is 77.1 cm³/mol. The molecule has 0 radical (unpaired) electrons. The molecular formula is C16H23NO3. The topological polar surface area (TPSA) is 58.6 Å². The van der Waals surface area contributed by atoms with E-state index >= 15 is 0 Å². The van der Waals surface area contributed by atoms with Crippen molar-refractivity contribution in [2.45, 2.75) is 44.4 Å². The Kier molecular flexibility index (Phi) is 5.15. The molecule has 1 aromatic carbocycles. The summed E-state index contributed by atoms with van der Waals surface area (Å²) in [4.78, 5) is 11.3. The van der Waals surface area contributed by atoms with Crippen LogP contribution in [0.15, 0.2) is 30.3 Å². The van der Waals surface area contributed by atoms with Crippen molar-refractivity contribution in [2.24, 2.45) is 5.92 Å². The number of carbonyl (C=O) groups is 1. The van der Waals surface area contributed by atoms with Crippen LogP contribution in [-0.2, 0) is 9.53 Å². The fraction of sp³-hybridized carbons (Fsp3) is 0.562. The Hall–Kier alpha value is -1.39. The summed E-state index contributed by atoms with van der Waals surface area (Å²) in [7, 11) is 1.40. The molecule has 4 heteroatoms. The molecule has 110 valence electrons. The molecule has 0 spiro atoms. The van der Waals surface area contributed by atoms with Gasteiger partial charge in [-0.25, -0.2) is 0 Å². The van der Waals surface area contributed by atoms with Crippen molar-refractivity contribution in [3.8, 4) is 0 Å². The van der Waals surface area contributed by atoms with Gasteiger partial charge in [-0.2, -0.15) is 0 Å². The molecule has 0 aliphatic heterocycles. The highest BCUT2D eigenvalue weighted by Crippen LogP contribution is 2.30. The van der Waals surface area contributed by atoms with Crippen molar-refractivity contribution < 1.29 is 14.6 Å². The van der Waals surface area contributed by atoms with Gasteiger partial charge in [0.2, 0.25) is 0 Å². The fourth-order valence-corrected chi connectivity index (χ4v) is 2.94. The Morgan fingerprint density at radius 3 is 2.75 bits per heavy atom. The van der Waals surface area contributed by atoms with E-state index in [0.29, 0.717) is 12.8 Å². The SMILES string of the molecule is COC(=O)CC1CC(N[C@H](C)c2ccccc2)[C@H](O)C1. The molecule has 1 aromatic rings. The molecule has 4 nitrogen and oxygen atoms in total. The fourth-order valence-electron chi connectivity index (χ4n) is 2.94. The number of hydrogen-bond donors (Lipinski definition) is 2. The molecule has 20 heavy (non-hydrogen) atoms. The molecular weight excluding hydrogens is 254 g/mol. The molecule has 0 aromatic heterocycles. The van der Waals surface area contributed by atoms with Gasteiger partial charge in [0.15, 0.2) is 0 Å². The number of carbonyl (C=O) groups excluding carboxylic acids is 1. The highest BCUT2D eigenvalue weighted by atomic mass is 16.5. The third-order valence-corrected chi connectivity index (χ3v) is 4.07. The van der Waals surface area contributed by atoms with Gasteiger partial charge in [0, 0.05) is 18.5 Å². The summed E-state index contributed by atoms with van der Waals surface area (Å²) in [5.74, 6) is 0.0110. The summed E-state index contributed by atoms with van der Waals surface area (Å²) in [6.45, 7) is 2.09. The number of methoxy groups -OCH3 is 1. The summed E-state index contributed by atoms with van der Waals surface area (Å²) in [6, 6.07) is 10.4. The minimum Gasteiger partial charge on any atom is -0.469 e. The van der Waals surface area contributed by atoms with Crippen LogP contribution in [0.25, 0.3) is 0 Å². The van der Waals surface area contributed by atoms with Crippen molar-refractivity contribution in [3.05, 3.63) is 35.9 Å². The molecule has 1 aliphatic rings. The number of esters is 1. The highest BCUT2D eigenvalue weighted by molar-refractivity contribution is 5.69. The van der Waals surface area contributed by atoms with Crippen LogP contribution in [-0.4, -0.2) is 30.3 Å². The maximum Gasteiger partial charge on any atom is 0.305 e. The molecule has 4 atom stereocenters. The van der Waals surface area contributed by atoms with Crippen molar-refractivity contribution in [3.63, 3.8) is 0 Å². The van der Waals surface area contributed by atoms with Crippen LogP contribution in [0, 0.1) is 5.92 Å². The minimum absolute atomic E-state index is 0.0415. The van der Waals surface area contributed by atoms with Gasteiger partial charge in [0.05, 0.1) is 13.2 Å². The van der Waals surface area contributed by atoms with E-state index in [1.807, 2.05) is 18.2 Å². The van der Waals surface area contributed by atoms with Crippen LogP contribution in [0.2, 0.25) is 0 Å². The lowest BCUT2D eigenvalue weighted by atomic mass is 10.0. The standard InChI is InChI=1S/C16H23NO3/c1-11(13-6-4-3-5-7-13)17-14-8-12(9-15(14)18)10-16(19)20-2/h3-7,11-12,14-15,17-18H,8-10H2,1-2H3/t11-,12?,14?,15-/m1/s1. The Bertz CT molecular complexity index is 435. The summed E-state index contributed by atoms with van der Waals surface area (Å²) in [5.41, 5.74) is 1.20. The molecule has 2 unspecified atom stereocenters. The molecule has 2 N–H and O–H groups in total. The zero-order chi connectivity index (χ0) is 14.5. The summed E-state index contributed by atoms with van der Waals surface area (Å²) in [5, 5.41) is 13.6. The van der Waals surface area contributed by atoms with Crippen LogP contribution < -0.4 is 5.32 Å². The molecule has 1 saturated carbocycles. The first kappa shape index (κ1) is 15.0. The molecule has 0 saturated heterocycles. The molecule has 2 rings (SSSR count). The first-order chi connectivity index (χ1) is 9.60. The maximum atomic E-state index is 11.3. The van der Waals surface area contributed by atoms with Gasteiger partial charge >= 0.3 is 5.97 Å². The lowest BCUT2D eigenvalue weighted by Crippen LogP contribution is -2.37. The van der Waals surface area contributed by atoms with E-state index in [-0.39, 0.29) is 24.0 Å². The third-order valence-electron chi connectivity index (χ3n) is 4.07. The molecule has 1 aliphatic carbocycles. The number of benzene rings is 1. The Balaban J connectivity index is 1.89. The zero-order valence-electron chi connectivity index (χ0n) is 12.1. The van der Waals surface area contributed by atoms with Gasteiger partial charge in [0.25, 0.3) is 0 Å². The van der Waals surface area contributed by atoms with E-state index in [1.165, 1.54) is 12.7 Å². The van der Waals surface area contributed by atoms with Gasteiger partial charge in [0.1, 0.15) is 0 Å². The normalized spacial score (nSPS) is 27.2. The van der Waals surface area contributed by atoms with Gasteiger partial charge in [-0.1, -0.05) is 30.3 Å². The Labute approximate surface area is 120 Å². The van der Waals surface area contributed by atoms with E-state index in [1.54, 1.807) is 0 Å². The van der Waals surface area contributed by atoms with Gasteiger partial charge in [-0.3, -0.25) is 4.79 Å². The Morgan fingerprint density at radius 2 is 2.10 bits per heavy atom. The van der Waals surface area contributed by atoms with E-state index in [0.717, 1.165) is 6.42 Å². The van der Waals surface area contributed by atoms with Crippen LogP contribution in [0.1, 0.15) is 37.8 Å². The molecule has 0 bridgehead atoms. The van der Waals surface area contributed by atoms with Gasteiger partial charge in [-0.05, 0) is 31.2 Å². The summed E-state index contributed by atoms with van der Waals surface area (Å²) in [6.07, 6.45) is 1.48. The van der Waals surface area contributed by atoms with Crippen molar-refractivity contribution in [2.75, 3.05) is 7.11 Å². The lowest BCUT2D eigenvalue weighted by Gasteiger charge is -2.22. The number of ether oxygens (including phenoxy) is 1. The Morgan fingerprint density at radius 1 is 1.40 bits per heavy atom. The quantitative estimate of drug-likeness (QED) is 0.809. The zero-order valence-corrected chi connectivity index (χ0v) is 12.1. The average Bonchev–Trinajstić information content (AvgIpc) is 2.79. The second-order valence-corrected chi connectivity index (χ2v) is 5.59. The minimum atomic E-state index is -0.393. The van der Waals surface area contributed by atoms with Gasteiger partial charge < -0.3 is 15.2 Å². The van der Waals surface area contributed by atoms with Crippen molar-refractivity contribution >= 4 is 5.97 Å². The number of aliphatic hydroxyl groups excluding tert-OH is 1. The molecule has 0 heterocycles. The highest BCUT2D eigenvalue weighted by Gasteiger charge is 2.34. The number of hydrogen-bond acceptors (Lipinski definition) is 4. The summed E-state index contributed by atoms with van der Waals surface area (Å²) < 4.78 is 4.69. The van der Waals surface area contributed by atoms with Gasteiger partial charge in [-0.15, -0.1) is 0 Å². The first-order valence-electron chi connectivity index (χ1n) is 7.16. The second-order valence-electron chi connectivity index (χ2n) is 5.59. The molecule has 1 fully saturated rings. The van der Waals surface area contributed by atoms with E-state index < -0.39 is 6.10 Å². The van der Waals surface area contributed by atoms with E-state index in [2.05, 4.69) is 24.4 Å². The monoisotopic (exact) mass is 277 g/mol. The maximum absolute atomic E-state index is 11.3. The smallest absolute Gasteiger partial charge is 0.305 e. The number of nitrogens with one attached hydrogen (secondary N) is 1. The summed E-state index contributed by atoms with van der Waals surface area (Å²) >= 11 is 0. The van der Waals surface area contributed by atoms with Crippen molar-refractivity contribution in [1.29, 1.82) is 0 Å². The molecule has 0 amide bonds. The number of aliphatic hydroxyl groups is 1. The third kappa shape index (κ3) is 3.81.